The predicted octanol–water partition coefficient (Wildman–Crippen LogP) is 2.02. The summed E-state index contributed by atoms with van der Waals surface area (Å²) in [5, 5.41) is 5.61. The SMILES string of the molecule is COCCNc1c(F)cccc1NC=C1C(=O)OC(C)(C)OC1=O. The fraction of sp³-hybridized carbons (Fsp3) is 0.375. The number of cyclic esters (lactones) is 2. The molecule has 8 heteroatoms. The standard InChI is InChI=1S/C16H19FN2O5/c1-16(2)23-14(20)10(15(21)24-16)9-19-12-6-4-5-11(17)13(12)18-7-8-22-3/h4-6,9,18-19H,7-8H2,1-3H3. The molecule has 1 saturated heterocycles. The third-order valence-corrected chi connectivity index (χ3v) is 3.11. The van der Waals surface area contributed by atoms with Crippen LogP contribution in [-0.4, -0.2) is 38.0 Å². The molecule has 1 heterocycles. The molecule has 0 bridgehead atoms. The van der Waals surface area contributed by atoms with Crippen molar-refractivity contribution in [3.05, 3.63) is 35.8 Å². The van der Waals surface area contributed by atoms with Crippen LogP contribution in [0.1, 0.15) is 13.8 Å². The lowest BCUT2D eigenvalue weighted by molar-refractivity contribution is -0.222. The minimum atomic E-state index is -1.31. The van der Waals surface area contributed by atoms with Gasteiger partial charge in [-0.05, 0) is 12.1 Å². The molecule has 0 atom stereocenters. The normalized spacial score (nSPS) is 16.2. The Morgan fingerprint density at radius 2 is 1.92 bits per heavy atom. The van der Waals surface area contributed by atoms with E-state index in [1.165, 1.54) is 33.1 Å². The van der Waals surface area contributed by atoms with Crippen molar-refractivity contribution in [2.24, 2.45) is 0 Å². The van der Waals surface area contributed by atoms with E-state index in [0.29, 0.717) is 18.8 Å². The number of para-hydroxylation sites is 1. The number of anilines is 2. The molecule has 0 radical (unpaired) electrons. The average molecular weight is 338 g/mol. The van der Waals surface area contributed by atoms with Crippen LogP contribution in [0.15, 0.2) is 30.0 Å². The number of carbonyl (C=O) groups excluding carboxylic acids is 2. The Kier molecular flexibility index (Phi) is 5.40. The molecule has 0 spiro atoms. The molecule has 7 nitrogen and oxygen atoms in total. The maximum atomic E-state index is 14.0. The fourth-order valence-electron chi connectivity index (χ4n) is 2.03. The Balaban J connectivity index is 2.18. The van der Waals surface area contributed by atoms with Gasteiger partial charge < -0.3 is 24.8 Å². The minimum Gasteiger partial charge on any atom is -0.419 e. The van der Waals surface area contributed by atoms with Crippen LogP contribution in [-0.2, 0) is 23.8 Å². The van der Waals surface area contributed by atoms with Crippen LogP contribution in [0.2, 0.25) is 0 Å². The molecule has 1 aromatic rings. The molecule has 0 unspecified atom stereocenters. The summed E-state index contributed by atoms with van der Waals surface area (Å²) in [7, 11) is 1.54. The van der Waals surface area contributed by atoms with E-state index in [9.17, 15) is 14.0 Å². The summed E-state index contributed by atoms with van der Waals surface area (Å²) in [6, 6.07) is 4.39. The van der Waals surface area contributed by atoms with E-state index in [1.807, 2.05) is 0 Å². The number of esters is 2. The summed E-state index contributed by atoms with van der Waals surface area (Å²) >= 11 is 0. The lowest BCUT2D eigenvalue weighted by Crippen LogP contribution is -2.42. The summed E-state index contributed by atoms with van der Waals surface area (Å²) in [6.07, 6.45) is 1.14. The number of carbonyl (C=O) groups is 2. The molecule has 1 aromatic carbocycles. The largest absolute Gasteiger partial charge is 0.419 e. The highest BCUT2D eigenvalue weighted by Crippen LogP contribution is 2.26. The van der Waals surface area contributed by atoms with E-state index < -0.39 is 23.5 Å². The summed E-state index contributed by atoms with van der Waals surface area (Å²) in [5.74, 6) is -3.41. The lowest BCUT2D eigenvalue weighted by Gasteiger charge is -2.29. The van der Waals surface area contributed by atoms with Gasteiger partial charge >= 0.3 is 11.9 Å². The monoisotopic (exact) mass is 338 g/mol. The molecule has 1 aliphatic rings. The van der Waals surface area contributed by atoms with Crippen molar-refractivity contribution in [1.82, 2.24) is 0 Å². The lowest BCUT2D eigenvalue weighted by atomic mass is 10.2. The van der Waals surface area contributed by atoms with Crippen molar-refractivity contribution in [1.29, 1.82) is 0 Å². The molecule has 130 valence electrons. The quantitative estimate of drug-likeness (QED) is 0.355. The van der Waals surface area contributed by atoms with E-state index in [4.69, 9.17) is 14.2 Å². The van der Waals surface area contributed by atoms with E-state index in [1.54, 1.807) is 6.07 Å². The van der Waals surface area contributed by atoms with Gasteiger partial charge in [0.1, 0.15) is 5.82 Å². The second-order valence-corrected chi connectivity index (χ2v) is 5.46. The average Bonchev–Trinajstić information content (AvgIpc) is 2.47. The number of nitrogens with one attached hydrogen (secondary N) is 2. The second-order valence-electron chi connectivity index (χ2n) is 5.46. The first-order valence-electron chi connectivity index (χ1n) is 7.29. The minimum absolute atomic E-state index is 0.198. The number of rotatable bonds is 6. The van der Waals surface area contributed by atoms with Gasteiger partial charge in [0.25, 0.3) is 5.79 Å². The highest BCUT2D eigenvalue weighted by Gasteiger charge is 2.38. The molecule has 0 aromatic heterocycles. The van der Waals surface area contributed by atoms with Crippen molar-refractivity contribution in [3.8, 4) is 0 Å². The van der Waals surface area contributed by atoms with Gasteiger partial charge in [0.05, 0.1) is 18.0 Å². The third-order valence-electron chi connectivity index (χ3n) is 3.11. The van der Waals surface area contributed by atoms with Crippen LogP contribution in [0.25, 0.3) is 0 Å². The number of ether oxygens (including phenoxy) is 3. The molecule has 2 N–H and O–H groups in total. The first-order chi connectivity index (χ1) is 11.3. The number of benzene rings is 1. The number of hydrogen-bond acceptors (Lipinski definition) is 7. The van der Waals surface area contributed by atoms with Crippen LogP contribution in [0.3, 0.4) is 0 Å². The van der Waals surface area contributed by atoms with Gasteiger partial charge in [-0.1, -0.05) is 6.07 Å². The highest BCUT2D eigenvalue weighted by atomic mass is 19.1. The van der Waals surface area contributed by atoms with Crippen LogP contribution < -0.4 is 10.6 Å². The maximum absolute atomic E-state index is 14.0. The summed E-state index contributed by atoms with van der Waals surface area (Å²) in [4.78, 5) is 23.7. The summed E-state index contributed by atoms with van der Waals surface area (Å²) in [5.41, 5.74) is 0.245. The molecule has 0 saturated carbocycles. The van der Waals surface area contributed by atoms with Crippen molar-refractivity contribution < 1.29 is 28.2 Å². The van der Waals surface area contributed by atoms with Crippen LogP contribution in [0.5, 0.6) is 0 Å². The zero-order valence-electron chi connectivity index (χ0n) is 13.6. The highest BCUT2D eigenvalue weighted by molar-refractivity contribution is 6.15. The van der Waals surface area contributed by atoms with Crippen molar-refractivity contribution >= 4 is 23.3 Å². The van der Waals surface area contributed by atoms with Gasteiger partial charge in [0.15, 0.2) is 5.57 Å². The van der Waals surface area contributed by atoms with E-state index >= 15 is 0 Å². The maximum Gasteiger partial charge on any atom is 0.350 e. The van der Waals surface area contributed by atoms with Crippen molar-refractivity contribution in [2.45, 2.75) is 19.6 Å². The zero-order chi connectivity index (χ0) is 17.7. The van der Waals surface area contributed by atoms with Crippen LogP contribution >= 0.6 is 0 Å². The zero-order valence-corrected chi connectivity index (χ0v) is 13.6. The Morgan fingerprint density at radius 3 is 2.54 bits per heavy atom. The molecule has 1 fully saturated rings. The van der Waals surface area contributed by atoms with Gasteiger partial charge in [-0.25, -0.2) is 14.0 Å². The summed E-state index contributed by atoms with van der Waals surface area (Å²) < 4.78 is 28.8. The summed E-state index contributed by atoms with van der Waals surface area (Å²) in [6.45, 7) is 3.69. The Morgan fingerprint density at radius 1 is 1.25 bits per heavy atom. The van der Waals surface area contributed by atoms with Gasteiger partial charge in [-0.15, -0.1) is 0 Å². The van der Waals surface area contributed by atoms with Gasteiger partial charge in [0, 0.05) is 33.7 Å². The number of halogens is 1. The van der Waals surface area contributed by atoms with Crippen molar-refractivity contribution in [3.63, 3.8) is 0 Å². The number of hydrogen-bond donors (Lipinski definition) is 2. The second kappa shape index (κ2) is 7.31. The molecule has 1 aliphatic heterocycles. The fourth-order valence-corrected chi connectivity index (χ4v) is 2.03. The first-order valence-corrected chi connectivity index (χ1v) is 7.29. The number of methoxy groups -OCH3 is 1. The topological polar surface area (TPSA) is 85.9 Å². The van der Waals surface area contributed by atoms with E-state index in [2.05, 4.69) is 10.6 Å². The third kappa shape index (κ3) is 4.23. The smallest absolute Gasteiger partial charge is 0.350 e. The van der Waals surface area contributed by atoms with E-state index in [0.717, 1.165) is 6.20 Å². The molecule has 24 heavy (non-hydrogen) atoms. The molecular weight excluding hydrogens is 319 g/mol. The van der Waals surface area contributed by atoms with Gasteiger partial charge in [0.2, 0.25) is 0 Å². The molecule has 0 amide bonds. The van der Waals surface area contributed by atoms with Crippen LogP contribution in [0, 0.1) is 5.82 Å². The van der Waals surface area contributed by atoms with Crippen LogP contribution in [0.4, 0.5) is 15.8 Å². The Labute approximate surface area is 138 Å². The van der Waals surface area contributed by atoms with Crippen molar-refractivity contribution in [2.75, 3.05) is 30.9 Å². The molecular formula is C16H19FN2O5. The van der Waals surface area contributed by atoms with Gasteiger partial charge in [-0.3, -0.25) is 0 Å². The predicted molar refractivity (Wildman–Crippen MR) is 84.7 cm³/mol. The molecule has 2 rings (SSSR count). The Bertz CT molecular complexity index is 650. The first kappa shape index (κ1) is 17.7. The molecule has 0 aliphatic carbocycles. The van der Waals surface area contributed by atoms with E-state index in [-0.39, 0.29) is 11.3 Å². The Hall–Kier alpha value is -2.61. The van der Waals surface area contributed by atoms with Gasteiger partial charge in [-0.2, -0.15) is 0 Å².